The SMILES string of the molecule is c1ccc2c(c1)ccc1c[n+]3c4ccc(N5CCCC5)cc4ccc3n12. The van der Waals surface area contributed by atoms with E-state index in [0.717, 1.165) is 0 Å². The number of pyridine rings is 2. The molecule has 2 aromatic carbocycles. The van der Waals surface area contributed by atoms with Crippen LogP contribution in [0.5, 0.6) is 0 Å². The highest BCUT2D eigenvalue weighted by Gasteiger charge is 2.18. The monoisotopic (exact) mass is 338 g/mol. The molecule has 0 N–H and O–H groups in total. The number of imidazole rings is 1. The van der Waals surface area contributed by atoms with Gasteiger partial charge in [0.1, 0.15) is 17.2 Å². The van der Waals surface area contributed by atoms with Crippen molar-refractivity contribution < 1.29 is 4.40 Å². The van der Waals surface area contributed by atoms with Crippen molar-refractivity contribution in [2.75, 3.05) is 18.0 Å². The Kier molecular flexibility index (Phi) is 2.83. The first-order valence-corrected chi connectivity index (χ1v) is 9.41. The van der Waals surface area contributed by atoms with Gasteiger partial charge in [0.15, 0.2) is 5.52 Å². The summed E-state index contributed by atoms with van der Waals surface area (Å²) in [6.45, 7) is 2.37. The minimum Gasteiger partial charge on any atom is -0.372 e. The minimum atomic E-state index is 1.18. The van der Waals surface area contributed by atoms with Crippen LogP contribution in [0, 0.1) is 0 Å². The molecule has 0 radical (unpaired) electrons. The molecule has 26 heavy (non-hydrogen) atoms. The van der Waals surface area contributed by atoms with Crippen LogP contribution in [0.15, 0.2) is 72.9 Å². The summed E-state index contributed by atoms with van der Waals surface area (Å²) in [6.07, 6.45) is 4.87. The molecule has 3 aromatic heterocycles. The van der Waals surface area contributed by atoms with Gasteiger partial charge in [-0.25, -0.2) is 0 Å². The van der Waals surface area contributed by atoms with Crippen molar-refractivity contribution in [1.29, 1.82) is 0 Å². The third-order valence-corrected chi connectivity index (χ3v) is 5.76. The molecule has 1 fully saturated rings. The van der Waals surface area contributed by atoms with E-state index in [1.54, 1.807) is 0 Å². The second-order valence-electron chi connectivity index (χ2n) is 7.28. The molecule has 1 aliphatic heterocycles. The van der Waals surface area contributed by atoms with Gasteiger partial charge in [0.2, 0.25) is 0 Å². The molecule has 0 saturated carbocycles. The van der Waals surface area contributed by atoms with Crippen molar-refractivity contribution in [2.45, 2.75) is 12.8 Å². The normalized spacial score (nSPS) is 15.0. The van der Waals surface area contributed by atoms with Gasteiger partial charge in [-0.1, -0.05) is 18.2 Å². The first kappa shape index (κ1) is 14.1. The van der Waals surface area contributed by atoms with E-state index in [4.69, 9.17) is 0 Å². The van der Waals surface area contributed by atoms with Gasteiger partial charge in [0.25, 0.3) is 5.65 Å². The highest BCUT2D eigenvalue weighted by atomic mass is 15.1. The maximum atomic E-state index is 2.50. The molecular formula is C23H20N3+. The summed E-state index contributed by atoms with van der Waals surface area (Å²) >= 11 is 0. The van der Waals surface area contributed by atoms with E-state index in [1.807, 2.05) is 0 Å². The van der Waals surface area contributed by atoms with Crippen LogP contribution in [0.25, 0.3) is 33.0 Å². The van der Waals surface area contributed by atoms with Gasteiger partial charge < -0.3 is 4.90 Å². The molecular weight excluding hydrogens is 318 g/mol. The van der Waals surface area contributed by atoms with E-state index in [2.05, 4.69) is 86.6 Å². The first-order chi connectivity index (χ1) is 12.9. The van der Waals surface area contributed by atoms with Crippen LogP contribution in [-0.4, -0.2) is 17.5 Å². The van der Waals surface area contributed by atoms with Crippen molar-refractivity contribution in [3.63, 3.8) is 0 Å². The van der Waals surface area contributed by atoms with E-state index in [1.165, 1.54) is 64.6 Å². The predicted octanol–water partition coefficient (Wildman–Crippen LogP) is 4.58. The maximum Gasteiger partial charge on any atom is 0.292 e. The molecule has 1 aliphatic rings. The number of anilines is 1. The second-order valence-corrected chi connectivity index (χ2v) is 7.28. The summed E-state index contributed by atoms with van der Waals surface area (Å²) in [6, 6.07) is 24.4. The Morgan fingerprint density at radius 3 is 2.54 bits per heavy atom. The molecule has 0 atom stereocenters. The second kappa shape index (κ2) is 5.21. The Morgan fingerprint density at radius 2 is 1.62 bits per heavy atom. The lowest BCUT2D eigenvalue weighted by molar-refractivity contribution is -0.479. The Bertz CT molecular complexity index is 1290. The lowest BCUT2D eigenvalue weighted by Gasteiger charge is -2.17. The van der Waals surface area contributed by atoms with Crippen molar-refractivity contribution in [1.82, 2.24) is 4.40 Å². The predicted molar refractivity (Wildman–Crippen MR) is 107 cm³/mol. The Labute approximate surface area is 151 Å². The number of fused-ring (bicyclic) bond motifs is 7. The van der Waals surface area contributed by atoms with E-state index in [9.17, 15) is 0 Å². The highest BCUT2D eigenvalue weighted by Crippen LogP contribution is 2.25. The van der Waals surface area contributed by atoms with E-state index < -0.39 is 0 Å². The van der Waals surface area contributed by atoms with Gasteiger partial charge in [0.05, 0.1) is 0 Å². The number of rotatable bonds is 1. The number of hydrogen-bond acceptors (Lipinski definition) is 1. The largest absolute Gasteiger partial charge is 0.372 e. The summed E-state index contributed by atoms with van der Waals surface area (Å²) in [7, 11) is 0. The number of hydrogen-bond donors (Lipinski definition) is 0. The molecule has 3 nitrogen and oxygen atoms in total. The molecule has 6 rings (SSSR count). The summed E-state index contributed by atoms with van der Waals surface area (Å²) in [5.74, 6) is 0. The minimum absolute atomic E-state index is 1.18. The first-order valence-electron chi connectivity index (χ1n) is 9.41. The fourth-order valence-electron chi connectivity index (χ4n) is 4.46. The van der Waals surface area contributed by atoms with Gasteiger partial charge in [-0.15, -0.1) is 0 Å². The molecule has 0 unspecified atom stereocenters. The van der Waals surface area contributed by atoms with Crippen LogP contribution in [0.4, 0.5) is 5.69 Å². The summed E-state index contributed by atoms with van der Waals surface area (Å²) in [5.41, 5.74) is 6.29. The fourth-order valence-corrected chi connectivity index (χ4v) is 4.46. The molecule has 5 aromatic rings. The van der Waals surface area contributed by atoms with Crippen LogP contribution in [0.3, 0.4) is 0 Å². The van der Waals surface area contributed by atoms with Crippen LogP contribution in [-0.2, 0) is 0 Å². The third-order valence-electron chi connectivity index (χ3n) is 5.76. The van der Waals surface area contributed by atoms with Gasteiger partial charge in [0, 0.05) is 35.6 Å². The number of aromatic nitrogens is 2. The van der Waals surface area contributed by atoms with Gasteiger partial charge in [-0.3, -0.25) is 0 Å². The zero-order valence-electron chi connectivity index (χ0n) is 14.6. The van der Waals surface area contributed by atoms with Gasteiger partial charge >= 0.3 is 0 Å². The summed E-state index contributed by atoms with van der Waals surface area (Å²) in [4.78, 5) is 2.50. The molecule has 1 saturated heterocycles. The van der Waals surface area contributed by atoms with E-state index in [0.29, 0.717) is 0 Å². The Morgan fingerprint density at radius 1 is 0.769 bits per heavy atom. The number of benzene rings is 2. The average Bonchev–Trinajstić information content (AvgIpc) is 3.35. The molecule has 0 aliphatic carbocycles. The lowest BCUT2D eigenvalue weighted by atomic mass is 10.2. The summed E-state index contributed by atoms with van der Waals surface area (Å²) in [5, 5.41) is 2.56. The highest BCUT2D eigenvalue weighted by molar-refractivity contribution is 5.86. The zero-order chi connectivity index (χ0) is 17.1. The third kappa shape index (κ3) is 1.91. The van der Waals surface area contributed by atoms with E-state index >= 15 is 0 Å². The lowest BCUT2D eigenvalue weighted by Crippen LogP contribution is -2.21. The maximum absolute atomic E-state index is 2.50. The van der Waals surface area contributed by atoms with Crippen LogP contribution < -0.4 is 9.30 Å². The molecule has 4 heterocycles. The van der Waals surface area contributed by atoms with Crippen molar-refractivity contribution >= 4 is 38.7 Å². The Hall–Kier alpha value is -3.07. The topological polar surface area (TPSA) is 11.8 Å². The smallest absolute Gasteiger partial charge is 0.292 e. The quantitative estimate of drug-likeness (QED) is 0.407. The van der Waals surface area contributed by atoms with Crippen molar-refractivity contribution in [3.05, 3.63) is 72.9 Å². The molecule has 0 amide bonds. The standard InChI is InChI=1S/C23H20N3/c1-2-6-22-17(5-1)7-9-20-16-25-21-11-10-19(24-13-3-4-14-24)15-18(21)8-12-23(25)26(20)22/h1-2,5-12,15-16H,3-4,13-14H2/q+1. The van der Waals surface area contributed by atoms with Crippen LogP contribution >= 0.6 is 0 Å². The van der Waals surface area contributed by atoms with Gasteiger partial charge in [-0.2, -0.15) is 8.80 Å². The zero-order valence-corrected chi connectivity index (χ0v) is 14.6. The van der Waals surface area contributed by atoms with Gasteiger partial charge in [-0.05, 0) is 55.3 Å². The Balaban J connectivity index is 1.66. The number of para-hydroxylation sites is 1. The fraction of sp³-hybridized carbons (Fsp3) is 0.174. The molecule has 126 valence electrons. The van der Waals surface area contributed by atoms with Crippen LogP contribution in [0.2, 0.25) is 0 Å². The molecule has 0 spiro atoms. The molecule has 3 heteroatoms. The van der Waals surface area contributed by atoms with Crippen molar-refractivity contribution in [2.24, 2.45) is 0 Å². The van der Waals surface area contributed by atoms with Crippen LogP contribution in [0.1, 0.15) is 12.8 Å². The summed E-state index contributed by atoms with van der Waals surface area (Å²) < 4.78 is 4.67. The van der Waals surface area contributed by atoms with E-state index in [-0.39, 0.29) is 0 Å². The number of nitrogens with zero attached hydrogens (tertiary/aromatic N) is 3. The molecule has 0 bridgehead atoms. The van der Waals surface area contributed by atoms with Crippen molar-refractivity contribution in [3.8, 4) is 0 Å². The average molecular weight is 338 g/mol.